The van der Waals surface area contributed by atoms with Gasteiger partial charge in [-0.2, -0.15) is 0 Å². The van der Waals surface area contributed by atoms with E-state index in [-0.39, 0.29) is 6.79 Å². The van der Waals surface area contributed by atoms with E-state index in [1.54, 1.807) is 7.11 Å². The summed E-state index contributed by atoms with van der Waals surface area (Å²) in [6.07, 6.45) is 1.82. The van der Waals surface area contributed by atoms with Crippen LogP contribution in [-0.4, -0.2) is 28.4 Å². The van der Waals surface area contributed by atoms with Gasteiger partial charge in [-0.15, -0.1) is 0 Å². The van der Waals surface area contributed by atoms with Crippen LogP contribution in [0.15, 0.2) is 47.1 Å². The van der Waals surface area contributed by atoms with Crippen LogP contribution in [0.3, 0.4) is 0 Å². The molecule has 0 amide bonds. The van der Waals surface area contributed by atoms with E-state index in [4.69, 9.17) is 23.6 Å². The quantitative estimate of drug-likeness (QED) is 0.549. The van der Waals surface area contributed by atoms with Crippen molar-refractivity contribution in [3.05, 3.63) is 54.2 Å². The zero-order valence-corrected chi connectivity index (χ0v) is 14.9. The van der Waals surface area contributed by atoms with Crippen molar-refractivity contribution in [3.63, 3.8) is 0 Å². The first-order valence-corrected chi connectivity index (χ1v) is 8.57. The van der Waals surface area contributed by atoms with Crippen molar-refractivity contribution >= 4 is 11.0 Å². The minimum absolute atomic E-state index is 0.179. The van der Waals surface area contributed by atoms with Crippen LogP contribution in [0.4, 0.5) is 0 Å². The molecule has 1 aliphatic heterocycles. The fourth-order valence-corrected chi connectivity index (χ4v) is 3.25. The predicted octanol–water partition coefficient (Wildman–Crippen LogP) is 3.79. The number of para-hydroxylation sites is 2. The number of oxazole rings is 1. The van der Waals surface area contributed by atoms with Gasteiger partial charge < -0.3 is 23.2 Å². The van der Waals surface area contributed by atoms with Gasteiger partial charge in [0.2, 0.25) is 18.4 Å². The third-order valence-corrected chi connectivity index (χ3v) is 4.65. The minimum Gasteiger partial charge on any atom is -0.493 e. The van der Waals surface area contributed by atoms with Crippen molar-refractivity contribution in [3.8, 4) is 28.7 Å². The normalized spacial score (nSPS) is 12.7. The SMILES string of the molecule is COc1cc(-c2nc(Cn3cnc4ccccc43)c(C)o2)cc2c1OCO2. The molecule has 27 heavy (non-hydrogen) atoms. The number of rotatable bonds is 4. The van der Waals surface area contributed by atoms with E-state index < -0.39 is 0 Å². The molecule has 7 nitrogen and oxygen atoms in total. The van der Waals surface area contributed by atoms with Gasteiger partial charge in [-0.25, -0.2) is 9.97 Å². The third-order valence-electron chi connectivity index (χ3n) is 4.65. The first kappa shape index (κ1) is 15.7. The molecule has 0 N–H and O–H groups in total. The molecule has 2 aromatic carbocycles. The van der Waals surface area contributed by atoms with Crippen molar-refractivity contribution in [2.75, 3.05) is 13.9 Å². The van der Waals surface area contributed by atoms with Crippen LogP contribution >= 0.6 is 0 Å². The molecule has 1 aliphatic rings. The molecule has 0 spiro atoms. The van der Waals surface area contributed by atoms with E-state index in [0.717, 1.165) is 28.1 Å². The number of ether oxygens (including phenoxy) is 3. The van der Waals surface area contributed by atoms with E-state index in [1.165, 1.54) is 0 Å². The van der Waals surface area contributed by atoms with Gasteiger partial charge in [0.05, 0.1) is 31.0 Å². The first-order chi connectivity index (χ1) is 13.2. The molecule has 0 saturated heterocycles. The smallest absolute Gasteiger partial charge is 0.231 e. The average Bonchev–Trinajstić information content (AvgIpc) is 3.40. The summed E-state index contributed by atoms with van der Waals surface area (Å²) in [6.45, 7) is 2.67. The van der Waals surface area contributed by atoms with Gasteiger partial charge in [0.1, 0.15) is 11.5 Å². The van der Waals surface area contributed by atoms with Crippen molar-refractivity contribution < 1.29 is 18.6 Å². The molecule has 3 heterocycles. The Bertz CT molecular complexity index is 1150. The lowest BCUT2D eigenvalue weighted by Gasteiger charge is -2.06. The summed E-state index contributed by atoms with van der Waals surface area (Å²) >= 11 is 0. The highest BCUT2D eigenvalue weighted by Gasteiger charge is 2.23. The number of aromatic nitrogens is 3. The lowest BCUT2D eigenvalue weighted by atomic mass is 10.2. The Labute approximate surface area is 155 Å². The lowest BCUT2D eigenvalue weighted by molar-refractivity contribution is 0.171. The molecular weight excluding hydrogens is 346 g/mol. The fraction of sp³-hybridized carbons (Fsp3) is 0.200. The van der Waals surface area contributed by atoms with Gasteiger partial charge >= 0.3 is 0 Å². The average molecular weight is 363 g/mol. The van der Waals surface area contributed by atoms with Gasteiger partial charge in [0.25, 0.3) is 0 Å². The Kier molecular flexibility index (Phi) is 3.53. The standard InChI is InChI=1S/C20H17N3O4/c1-12-15(9-23-10-21-14-5-3-4-6-16(14)23)22-20(27-12)13-7-17(24-2)19-18(8-13)25-11-26-19/h3-8,10H,9,11H2,1-2H3. The molecule has 0 saturated carbocycles. The number of hydrogen-bond donors (Lipinski definition) is 0. The Morgan fingerprint density at radius 3 is 2.96 bits per heavy atom. The summed E-state index contributed by atoms with van der Waals surface area (Å²) in [5.41, 5.74) is 3.65. The van der Waals surface area contributed by atoms with E-state index >= 15 is 0 Å². The predicted molar refractivity (Wildman–Crippen MR) is 98.2 cm³/mol. The van der Waals surface area contributed by atoms with Crippen LogP contribution in [0, 0.1) is 6.92 Å². The topological polar surface area (TPSA) is 71.5 Å². The summed E-state index contributed by atoms with van der Waals surface area (Å²) in [6, 6.07) is 11.7. The van der Waals surface area contributed by atoms with E-state index in [9.17, 15) is 0 Å². The molecule has 7 heteroatoms. The second-order valence-corrected chi connectivity index (χ2v) is 6.30. The fourth-order valence-electron chi connectivity index (χ4n) is 3.25. The van der Waals surface area contributed by atoms with E-state index in [0.29, 0.717) is 29.7 Å². The highest BCUT2D eigenvalue weighted by atomic mass is 16.7. The van der Waals surface area contributed by atoms with Crippen LogP contribution in [-0.2, 0) is 6.54 Å². The van der Waals surface area contributed by atoms with E-state index in [1.807, 2.05) is 49.6 Å². The number of aryl methyl sites for hydroxylation is 1. The first-order valence-electron chi connectivity index (χ1n) is 8.57. The van der Waals surface area contributed by atoms with Gasteiger partial charge in [0.15, 0.2) is 11.5 Å². The molecule has 0 unspecified atom stereocenters. The van der Waals surface area contributed by atoms with Gasteiger partial charge in [-0.1, -0.05) is 12.1 Å². The second kappa shape index (κ2) is 6.05. The Hall–Kier alpha value is -3.48. The zero-order chi connectivity index (χ0) is 18.4. The summed E-state index contributed by atoms with van der Waals surface area (Å²) < 4.78 is 24.3. The van der Waals surface area contributed by atoms with Crippen LogP contribution in [0.2, 0.25) is 0 Å². The largest absolute Gasteiger partial charge is 0.493 e. The Morgan fingerprint density at radius 1 is 1.19 bits per heavy atom. The molecule has 2 aromatic heterocycles. The Balaban J connectivity index is 1.52. The molecule has 0 aliphatic carbocycles. The molecule has 5 rings (SSSR count). The maximum absolute atomic E-state index is 5.92. The van der Waals surface area contributed by atoms with Crippen LogP contribution in [0.5, 0.6) is 17.2 Å². The maximum atomic E-state index is 5.92. The minimum atomic E-state index is 0.179. The third kappa shape index (κ3) is 2.59. The molecule has 136 valence electrons. The van der Waals surface area contributed by atoms with Crippen molar-refractivity contribution in [2.24, 2.45) is 0 Å². The summed E-state index contributed by atoms with van der Waals surface area (Å²) in [5.74, 6) is 3.11. The Morgan fingerprint density at radius 2 is 2.07 bits per heavy atom. The van der Waals surface area contributed by atoms with Crippen LogP contribution in [0.25, 0.3) is 22.5 Å². The number of methoxy groups -OCH3 is 1. The number of imidazole rings is 1. The van der Waals surface area contributed by atoms with Crippen LogP contribution < -0.4 is 14.2 Å². The number of hydrogen-bond acceptors (Lipinski definition) is 6. The number of fused-ring (bicyclic) bond motifs is 2. The molecule has 0 fully saturated rings. The molecule has 0 bridgehead atoms. The van der Waals surface area contributed by atoms with Gasteiger partial charge in [-0.3, -0.25) is 0 Å². The molecule has 0 atom stereocenters. The van der Waals surface area contributed by atoms with Crippen molar-refractivity contribution in [1.29, 1.82) is 0 Å². The van der Waals surface area contributed by atoms with Gasteiger partial charge in [-0.05, 0) is 31.2 Å². The van der Waals surface area contributed by atoms with Crippen LogP contribution in [0.1, 0.15) is 11.5 Å². The van der Waals surface area contributed by atoms with Gasteiger partial charge in [0, 0.05) is 5.56 Å². The number of nitrogens with zero attached hydrogens (tertiary/aromatic N) is 3. The lowest BCUT2D eigenvalue weighted by Crippen LogP contribution is -1.99. The summed E-state index contributed by atoms with van der Waals surface area (Å²) in [5, 5.41) is 0. The summed E-state index contributed by atoms with van der Waals surface area (Å²) in [7, 11) is 1.59. The zero-order valence-electron chi connectivity index (χ0n) is 14.9. The number of benzene rings is 2. The maximum Gasteiger partial charge on any atom is 0.231 e. The monoisotopic (exact) mass is 363 g/mol. The highest BCUT2D eigenvalue weighted by molar-refractivity contribution is 5.75. The molecule has 0 radical (unpaired) electrons. The van der Waals surface area contributed by atoms with Crippen molar-refractivity contribution in [1.82, 2.24) is 14.5 Å². The molecule has 4 aromatic rings. The summed E-state index contributed by atoms with van der Waals surface area (Å²) in [4.78, 5) is 9.12. The molecular formula is C20H17N3O4. The second-order valence-electron chi connectivity index (χ2n) is 6.30. The van der Waals surface area contributed by atoms with E-state index in [2.05, 4.69) is 9.55 Å². The highest BCUT2D eigenvalue weighted by Crippen LogP contribution is 2.44. The van der Waals surface area contributed by atoms with Crippen molar-refractivity contribution in [2.45, 2.75) is 13.5 Å².